The van der Waals surface area contributed by atoms with Crippen molar-refractivity contribution in [2.75, 3.05) is 6.61 Å². The maximum Gasteiger partial charge on any atom is 0.338 e. The predicted octanol–water partition coefficient (Wildman–Crippen LogP) is 4.79. The third kappa shape index (κ3) is 3.78. The summed E-state index contributed by atoms with van der Waals surface area (Å²) in [5.41, 5.74) is -0.103. The molecule has 0 aliphatic carbocycles. The second-order valence-electron chi connectivity index (χ2n) is 3.21. The lowest BCUT2D eigenvalue weighted by Gasteiger charge is -2.42. The minimum atomic E-state index is -8.69. The van der Waals surface area contributed by atoms with Gasteiger partial charge in [0.15, 0.2) is 0 Å². The summed E-state index contributed by atoms with van der Waals surface area (Å²) in [4.78, 5) is 9.55. The van der Waals surface area contributed by atoms with Crippen LogP contribution in [0.1, 0.15) is 17.3 Å². The Morgan fingerprint density at radius 3 is 2.06 bits per heavy atom. The van der Waals surface area contributed by atoms with Crippen LogP contribution in [0.2, 0.25) is 0 Å². The maximum atomic E-state index is 12.7. The lowest BCUT2D eigenvalue weighted by atomic mass is 10.2. The number of hydrogen-bond donors (Lipinski definition) is 0. The zero-order chi connectivity index (χ0) is 13.4. The number of rotatable bonds is 3. The van der Waals surface area contributed by atoms with E-state index < -0.39 is 19.9 Å². The van der Waals surface area contributed by atoms with Crippen LogP contribution in [0.3, 0.4) is 0 Å². The van der Waals surface area contributed by atoms with E-state index in [1.54, 1.807) is 6.92 Å². The van der Waals surface area contributed by atoms with Gasteiger partial charge in [-0.15, -0.1) is 15.5 Å². The molecular formula is C9H9ClF4O2S. The van der Waals surface area contributed by atoms with Crippen molar-refractivity contribution < 1.29 is 25.1 Å². The molecule has 0 fully saturated rings. The van der Waals surface area contributed by atoms with E-state index in [2.05, 4.69) is 15.4 Å². The molecule has 0 heterocycles. The first kappa shape index (κ1) is 14.1. The molecular weight excluding hydrogens is 284 g/mol. The Morgan fingerprint density at radius 1 is 1.24 bits per heavy atom. The molecule has 0 atom stereocenters. The third-order valence-electron chi connectivity index (χ3n) is 1.81. The van der Waals surface area contributed by atoms with Crippen LogP contribution in [0.15, 0.2) is 29.2 Å². The SMILES string of the molecule is CCOC(=O)c1ccc(S(F)(F)(F)(F)Cl)cc1. The van der Waals surface area contributed by atoms with Gasteiger partial charge < -0.3 is 4.74 Å². The van der Waals surface area contributed by atoms with Gasteiger partial charge in [-0.05, 0) is 31.2 Å². The van der Waals surface area contributed by atoms with Gasteiger partial charge in [-0.2, -0.15) is 0 Å². The van der Waals surface area contributed by atoms with E-state index >= 15 is 0 Å². The van der Waals surface area contributed by atoms with Crippen molar-refractivity contribution in [3.05, 3.63) is 29.8 Å². The molecule has 0 N–H and O–H groups in total. The van der Waals surface area contributed by atoms with Crippen LogP contribution in [-0.4, -0.2) is 12.6 Å². The summed E-state index contributed by atoms with van der Waals surface area (Å²) in [7, 11) is -4.59. The second kappa shape index (κ2) is 3.52. The van der Waals surface area contributed by atoms with Gasteiger partial charge in [-0.1, -0.05) is 0 Å². The van der Waals surface area contributed by atoms with Gasteiger partial charge in [0, 0.05) is 10.7 Å². The molecule has 0 aliphatic rings. The monoisotopic (exact) mass is 292 g/mol. The summed E-state index contributed by atoms with van der Waals surface area (Å²) < 4.78 is 55.5. The summed E-state index contributed by atoms with van der Waals surface area (Å²) in [6.45, 7) is 1.65. The highest BCUT2D eigenvalue weighted by atomic mass is 35.7. The van der Waals surface area contributed by atoms with Crippen molar-refractivity contribution in [2.24, 2.45) is 0 Å². The molecule has 0 radical (unpaired) electrons. The smallest absolute Gasteiger partial charge is 0.338 e. The van der Waals surface area contributed by atoms with E-state index in [1.165, 1.54) is 0 Å². The minimum absolute atomic E-state index is 0.0918. The molecule has 2 nitrogen and oxygen atoms in total. The minimum Gasteiger partial charge on any atom is -0.462 e. The van der Waals surface area contributed by atoms with Gasteiger partial charge in [0.25, 0.3) is 9.05 Å². The molecule has 0 amide bonds. The first-order valence-corrected chi connectivity index (χ1v) is 7.33. The number of halogens is 5. The predicted molar refractivity (Wildman–Crippen MR) is 58.5 cm³/mol. The highest BCUT2D eigenvalue weighted by Gasteiger charge is 2.62. The first-order valence-electron chi connectivity index (χ1n) is 4.45. The van der Waals surface area contributed by atoms with Crippen molar-refractivity contribution in [1.29, 1.82) is 0 Å². The van der Waals surface area contributed by atoms with Crippen LogP contribution < -0.4 is 0 Å². The number of carbonyl (C=O) groups is 1. The Balaban J connectivity index is 3.10. The van der Waals surface area contributed by atoms with Crippen molar-refractivity contribution in [2.45, 2.75) is 11.8 Å². The fourth-order valence-corrected chi connectivity index (χ4v) is 2.02. The molecule has 0 saturated carbocycles. The van der Waals surface area contributed by atoms with E-state index in [9.17, 15) is 20.3 Å². The molecule has 0 aliphatic heterocycles. The first-order chi connectivity index (χ1) is 7.44. The van der Waals surface area contributed by atoms with Crippen molar-refractivity contribution in [1.82, 2.24) is 0 Å². The largest absolute Gasteiger partial charge is 0.462 e. The fraction of sp³-hybridized carbons (Fsp3) is 0.222. The number of carbonyl (C=O) groups excluding carboxylic acids is 1. The number of benzene rings is 1. The second-order valence-corrected chi connectivity index (χ2v) is 7.49. The van der Waals surface area contributed by atoms with Crippen LogP contribution in [0.5, 0.6) is 0 Å². The van der Waals surface area contributed by atoms with Gasteiger partial charge in [-0.3, -0.25) is 0 Å². The number of esters is 1. The van der Waals surface area contributed by atoms with Gasteiger partial charge in [0.1, 0.15) is 0 Å². The van der Waals surface area contributed by atoms with E-state index in [0.717, 1.165) is 12.1 Å². The Bertz CT molecular complexity index is 440. The highest BCUT2D eigenvalue weighted by Crippen LogP contribution is 3.04. The summed E-state index contributed by atoms with van der Waals surface area (Å²) in [5, 5.41) is 0. The molecule has 98 valence electrons. The number of ether oxygens (including phenoxy) is 1. The summed E-state index contributed by atoms with van der Waals surface area (Å²) >= 11 is 0. The van der Waals surface area contributed by atoms with Gasteiger partial charge >= 0.3 is 5.97 Å². The Morgan fingerprint density at radius 2 is 1.71 bits per heavy atom. The molecule has 1 aromatic carbocycles. The molecule has 0 saturated heterocycles. The third-order valence-corrected chi connectivity index (χ3v) is 3.51. The maximum absolute atomic E-state index is 12.7. The van der Waals surface area contributed by atoms with Crippen LogP contribution in [0.25, 0.3) is 0 Å². The average molecular weight is 293 g/mol. The molecule has 1 aromatic rings. The van der Waals surface area contributed by atoms with Crippen LogP contribution in [0, 0.1) is 0 Å². The lowest BCUT2D eigenvalue weighted by Crippen LogP contribution is -2.07. The van der Waals surface area contributed by atoms with Gasteiger partial charge in [-0.25, -0.2) is 4.79 Å². The van der Waals surface area contributed by atoms with Gasteiger partial charge in [0.2, 0.25) is 0 Å². The molecule has 0 spiro atoms. The standard InChI is InChI=1S/C9H9ClF4O2S/c1-2-16-9(15)7-3-5-8(6-4-7)17(10,11,12,13)14/h3-6H,2H2,1H3. The Labute approximate surface area is 99.4 Å². The summed E-state index contributed by atoms with van der Waals surface area (Å²) in [6.07, 6.45) is 0. The number of hydrogen-bond acceptors (Lipinski definition) is 2. The summed E-state index contributed by atoms with van der Waals surface area (Å²) in [6, 6.07) is 2.46. The van der Waals surface area contributed by atoms with Crippen molar-refractivity contribution in [3.63, 3.8) is 0 Å². The quantitative estimate of drug-likeness (QED) is 0.591. The van der Waals surface area contributed by atoms with Crippen molar-refractivity contribution >= 4 is 25.7 Å². The zero-order valence-electron chi connectivity index (χ0n) is 8.63. The van der Waals surface area contributed by atoms with Crippen LogP contribution >= 0.6 is 19.7 Å². The van der Waals surface area contributed by atoms with E-state index in [0.29, 0.717) is 12.1 Å². The average Bonchev–Trinajstić information content (AvgIpc) is 2.15. The van der Waals surface area contributed by atoms with Crippen LogP contribution in [0.4, 0.5) is 15.5 Å². The van der Waals surface area contributed by atoms with E-state index in [1.807, 2.05) is 0 Å². The Kier molecular flexibility index (Phi) is 2.92. The highest BCUT2D eigenvalue weighted by molar-refractivity contribution is 8.65. The fourth-order valence-electron chi connectivity index (χ4n) is 1.06. The lowest BCUT2D eigenvalue weighted by molar-refractivity contribution is 0.0526. The molecule has 8 heteroatoms. The molecule has 0 aromatic heterocycles. The summed E-state index contributed by atoms with van der Waals surface area (Å²) in [5.74, 6) is -0.781. The van der Waals surface area contributed by atoms with Crippen LogP contribution in [-0.2, 0) is 4.74 Å². The zero-order valence-corrected chi connectivity index (χ0v) is 10.2. The molecule has 0 unspecified atom stereocenters. The van der Waals surface area contributed by atoms with Crippen molar-refractivity contribution in [3.8, 4) is 0 Å². The van der Waals surface area contributed by atoms with Gasteiger partial charge in [0.05, 0.1) is 17.1 Å². The Hall–Kier alpha value is -0.950. The molecule has 0 bridgehead atoms. The normalized spacial score (nSPS) is 15.9. The van der Waals surface area contributed by atoms with E-state index in [4.69, 9.17) is 0 Å². The molecule has 17 heavy (non-hydrogen) atoms. The topological polar surface area (TPSA) is 26.3 Å². The molecule has 1 rings (SSSR count). The van der Waals surface area contributed by atoms with E-state index in [-0.39, 0.29) is 12.2 Å².